The summed E-state index contributed by atoms with van der Waals surface area (Å²) in [5.74, 6) is -1.27. The van der Waals surface area contributed by atoms with Crippen LogP contribution in [0.15, 0.2) is 63.6 Å². The SMILES string of the molecule is C[C@H](/C=C/C(=O)NO)[C@@H](OC(=O)Nc1ccc(Br)cc1)c1cc(Br)ccc1O. The average molecular weight is 514 g/mol. The zero-order chi connectivity index (χ0) is 20.7. The van der Waals surface area contributed by atoms with Crippen molar-refractivity contribution in [1.82, 2.24) is 5.48 Å². The van der Waals surface area contributed by atoms with Crippen LogP contribution in [0.25, 0.3) is 0 Å². The van der Waals surface area contributed by atoms with E-state index in [1.807, 2.05) is 0 Å². The van der Waals surface area contributed by atoms with E-state index >= 15 is 0 Å². The molecule has 0 saturated heterocycles. The minimum atomic E-state index is -0.893. The fourth-order valence-electron chi connectivity index (χ4n) is 2.38. The van der Waals surface area contributed by atoms with Crippen molar-refractivity contribution in [2.45, 2.75) is 13.0 Å². The Balaban J connectivity index is 2.25. The molecule has 0 heterocycles. The molecule has 0 aromatic heterocycles. The van der Waals surface area contributed by atoms with Crippen LogP contribution in [-0.2, 0) is 9.53 Å². The molecule has 2 rings (SSSR count). The predicted octanol–water partition coefficient (Wildman–Crippen LogP) is 4.90. The van der Waals surface area contributed by atoms with E-state index in [1.165, 1.54) is 17.6 Å². The maximum atomic E-state index is 12.4. The summed E-state index contributed by atoms with van der Waals surface area (Å²) in [5, 5.41) is 21.5. The van der Waals surface area contributed by atoms with Gasteiger partial charge in [-0.25, -0.2) is 10.3 Å². The van der Waals surface area contributed by atoms with Gasteiger partial charge in [-0.2, -0.15) is 0 Å². The molecule has 0 radical (unpaired) electrons. The number of aromatic hydroxyl groups is 1. The Morgan fingerprint density at radius 3 is 2.39 bits per heavy atom. The van der Waals surface area contributed by atoms with Crippen LogP contribution < -0.4 is 10.8 Å². The quantitative estimate of drug-likeness (QED) is 0.249. The van der Waals surface area contributed by atoms with Crippen LogP contribution in [0.5, 0.6) is 5.75 Å². The lowest BCUT2D eigenvalue weighted by atomic mass is 9.96. The summed E-state index contributed by atoms with van der Waals surface area (Å²) in [6, 6.07) is 11.7. The molecule has 2 atom stereocenters. The van der Waals surface area contributed by atoms with Crippen LogP contribution in [0.1, 0.15) is 18.6 Å². The van der Waals surface area contributed by atoms with Crippen LogP contribution in [-0.4, -0.2) is 22.3 Å². The normalized spacial score (nSPS) is 13.0. The number of amides is 2. The summed E-state index contributed by atoms with van der Waals surface area (Å²) in [7, 11) is 0. The number of phenols is 1. The number of hydrogen-bond donors (Lipinski definition) is 4. The second kappa shape index (κ2) is 10.3. The number of rotatable bonds is 6. The third-order valence-corrected chi connectivity index (χ3v) is 4.78. The molecular formula is C19H18Br2N2O5. The van der Waals surface area contributed by atoms with Gasteiger partial charge in [-0.05, 0) is 42.5 Å². The highest BCUT2D eigenvalue weighted by Crippen LogP contribution is 2.35. The Morgan fingerprint density at radius 2 is 1.75 bits per heavy atom. The molecule has 0 aliphatic rings. The molecule has 4 N–H and O–H groups in total. The van der Waals surface area contributed by atoms with Gasteiger partial charge in [0.05, 0.1) is 0 Å². The monoisotopic (exact) mass is 512 g/mol. The number of hydroxylamine groups is 1. The molecule has 0 aliphatic heterocycles. The van der Waals surface area contributed by atoms with Crippen LogP contribution in [0.2, 0.25) is 0 Å². The van der Waals surface area contributed by atoms with E-state index in [0.29, 0.717) is 15.7 Å². The van der Waals surface area contributed by atoms with E-state index in [-0.39, 0.29) is 5.75 Å². The van der Waals surface area contributed by atoms with Crippen molar-refractivity contribution in [3.63, 3.8) is 0 Å². The third-order valence-electron chi connectivity index (χ3n) is 3.76. The molecule has 0 fully saturated rings. The van der Waals surface area contributed by atoms with Gasteiger partial charge in [-0.15, -0.1) is 0 Å². The zero-order valence-corrected chi connectivity index (χ0v) is 17.9. The maximum absolute atomic E-state index is 12.4. The van der Waals surface area contributed by atoms with Crippen molar-refractivity contribution in [1.29, 1.82) is 0 Å². The first-order valence-electron chi connectivity index (χ1n) is 8.14. The number of phenolic OH excluding ortho intramolecular Hbond substituents is 1. The van der Waals surface area contributed by atoms with Gasteiger partial charge in [0.25, 0.3) is 5.91 Å². The molecule has 7 nitrogen and oxygen atoms in total. The number of nitrogens with one attached hydrogen (secondary N) is 2. The number of benzene rings is 2. The van der Waals surface area contributed by atoms with E-state index < -0.39 is 24.0 Å². The number of carbonyl (C=O) groups is 2. The predicted molar refractivity (Wildman–Crippen MR) is 111 cm³/mol. The average Bonchev–Trinajstić information content (AvgIpc) is 2.67. The first kappa shape index (κ1) is 21.9. The smallest absolute Gasteiger partial charge is 0.412 e. The van der Waals surface area contributed by atoms with Crippen molar-refractivity contribution in [3.05, 3.63) is 69.1 Å². The summed E-state index contributed by atoms with van der Waals surface area (Å²) >= 11 is 6.64. The molecule has 9 heteroatoms. The lowest BCUT2D eigenvalue weighted by Crippen LogP contribution is -2.22. The molecule has 2 aromatic carbocycles. The minimum Gasteiger partial charge on any atom is -0.508 e. The van der Waals surface area contributed by atoms with E-state index in [1.54, 1.807) is 43.3 Å². The minimum absolute atomic E-state index is 0.0588. The molecule has 2 aromatic rings. The molecular weight excluding hydrogens is 496 g/mol. The largest absolute Gasteiger partial charge is 0.508 e. The first-order chi connectivity index (χ1) is 13.3. The molecule has 148 valence electrons. The number of anilines is 1. The summed E-state index contributed by atoms with van der Waals surface area (Å²) in [4.78, 5) is 23.7. The fraction of sp³-hybridized carbons (Fsp3) is 0.158. The van der Waals surface area contributed by atoms with Gasteiger partial charge >= 0.3 is 6.09 Å². The van der Waals surface area contributed by atoms with Gasteiger partial charge in [0.2, 0.25) is 0 Å². The molecule has 0 aliphatic carbocycles. The standard InChI is InChI=1S/C19H18Br2N2O5/c1-11(2-9-17(25)23-27)18(15-10-13(21)5-8-16(15)24)28-19(26)22-14-6-3-12(20)4-7-14/h2-11,18,24,27H,1H3,(H,22,26)(H,23,25)/b9-2+/t11-,18-/m1/s1. The number of hydrogen-bond acceptors (Lipinski definition) is 5. The maximum Gasteiger partial charge on any atom is 0.412 e. The second-order valence-corrected chi connectivity index (χ2v) is 7.69. The number of halogens is 2. The number of carbonyl (C=O) groups excluding carboxylic acids is 2. The fourth-order valence-corrected chi connectivity index (χ4v) is 3.02. The Morgan fingerprint density at radius 1 is 1.11 bits per heavy atom. The van der Waals surface area contributed by atoms with Crippen LogP contribution >= 0.6 is 31.9 Å². The van der Waals surface area contributed by atoms with Crippen molar-refractivity contribution >= 4 is 49.5 Å². The molecule has 0 spiro atoms. The number of ether oxygens (including phenoxy) is 1. The highest BCUT2D eigenvalue weighted by molar-refractivity contribution is 9.10. The topological polar surface area (TPSA) is 108 Å². The lowest BCUT2D eigenvalue weighted by molar-refractivity contribution is -0.124. The molecule has 2 amide bonds. The van der Waals surface area contributed by atoms with Crippen molar-refractivity contribution in [2.24, 2.45) is 5.92 Å². The van der Waals surface area contributed by atoms with Gasteiger partial charge in [0, 0.05) is 32.2 Å². The van der Waals surface area contributed by atoms with E-state index in [0.717, 1.165) is 10.5 Å². The van der Waals surface area contributed by atoms with E-state index in [2.05, 4.69) is 37.2 Å². The van der Waals surface area contributed by atoms with Crippen molar-refractivity contribution < 1.29 is 24.6 Å². The summed E-state index contributed by atoms with van der Waals surface area (Å²) in [6.07, 6.45) is 0.959. The molecule has 28 heavy (non-hydrogen) atoms. The van der Waals surface area contributed by atoms with Crippen LogP contribution in [0, 0.1) is 5.92 Å². The molecule has 0 saturated carbocycles. The van der Waals surface area contributed by atoms with E-state index in [9.17, 15) is 14.7 Å². The van der Waals surface area contributed by atoms with Gasteiger partial charge in [-0.1, -0.05) is 44.9 Å². The Hall–Kier alpha value is -2.36. The zero-order valence-electron chi connectivity index (χ0n) is 14.7. The van der Waals surface area contributed by atoms with Crippen molar-refractivity contribution in [2.75, 3.05) is 5.32 Å². The highest BCUT2D eigenvalue weighted by atomic mass is 79.9. The second-order valence-electron chi connectivity index (χ2n) is 5.86. The summed E-state index contributed by atoms with van der Waals surface area (Å²) < 4.78 is 7.10. The van der Waals surface area contributed by atoms with Crippen LogP contribution in [0.3, 0.4) is 0 Å². The third kappa shape index (κ3) is 6.36. The van der Waals surface area contributed by atoms with Crippen LogP contribution in [0.4, 0.5) is 10.5 Å². The van der Waals surface area contributed by atoms with Gasteiger partial charge < -0.3 is 9.84 Å². The molecule has 0 bridgehead atoms. The summed E-state index contributed by atoms with van der Waals surface area (Å²) in [6.45, 7) is 1.71. The van der Waals surface area contributed by atoms with Gasteiger partial charge in [0.15, 0.2) is 0 Å². The van der Waals surface area contributed by atoms with E-state index in [4.69, 9.17) is 9.94 Å². The van der Waals surface area contributed by atoms with Crippen molar-refractivity contribution in [3.8, 4) is 5.75 Å². The Labute approximate surface area is 178 Å². The highest BCUT2D eigenvalue weighted by Gasteiger charge is 2.25. The first-order valence-corrected chi connectivity index (χ1v) is 9.72. The lowest BCUT2D eigenvalue weighted by Gasteiger charge is -2.23. The Kier molecular flexibility index (Phi) is 8.04. The van der Waals surface area contributed by atoms with Gasteiger partial charge in [-0.3, -0.25) is 15.3 Å². The Bertz CT molecular complexity index is 871. The summed E-state index contributed by atoms with van der Waals surface area (Å²) in [5.41, 5.74) is 2.39. The molecule has 0 unspecified atom stereocenters. The van der Waals surface area contributed by atoms with Gasteiger partial charge in [0.1, 0.15) is 11.9 Å².